The molecule has 0 saturated heterocycles. The quantitative estimate of drug-likeness (QED) is 0.387. The van der Waals surface area contributed by atoms with Crippen molar-refractivity contribution in [2.75, 3.05) is 37.9 Å². The number of nitrogens with one attached hydrogen (secondary N) is 1. The van der Waals surface area contributed by atoms with Gasteiger partial charge in [0, 0.05) is 13.2 Å². The van der Waals surface area contributed by atoms with Crippen LogP contribution >= 0.6 is 0 Å². The number of nitrogens with zero attached hydrogens (tertiary/aromatic N) is 4. The normalized spacial score (nSPS) is 11.0. The standard InChI is InChI=1S/C21H30N6O3/c1-3-4-10-23-20-19-16(24-21(22)25-20)14-27(26-19)13-15-17(29-2)8-7-9-18(15)30-12-6-5-11-28/h7-9,14,28H,3-6,10-13H2,1-2H3,(H3,22,23,24,25). The topological polar surface area (TPSA) is 120 Å². The number of anilines is 2. The van der Waals surface area contributed by atoms with Crippen LogP contribution in [0.15, 0.2) is 24.4 Å². The van der Waals surface area contributed by atoms with Crippen molar-refractivity contribution in [2.24, 2.45) is 0 Å². The van der Waals surface area contributed by atoms with Crippen LogP contribution in [0.25, 0.3) is 11.0 Å². The number of methoxy groups -OCH3 is 1. The van der Waals surface area contributed by atoms with Gasteiger partial charge in [0.25, 0.3) is 0 Å². The Kier molecular flexibility index (Phi) is 7.67. The van der Waals surface area contributed by atoms with E-state index >= 15 is 0 Å². The zero-order chi connectivity index (χ0) is 21.3. The molecule has 0 aliphatic rings. The van der Waals surface area contributed by atoms with Crippen LogP contribution in [0, 0.1) is 0 Å². The van der Waals surface area contributed by atoms with Crippen LogP contribution in [0.5, 0.6) is 11.5 Å². The number of nitrogen functional groups attached to an aromatic ring is 1. The highest BCUT2D eigenvalue weighted by molar-refractivity contribution is 5.85. The molecule has 0 atom stereocenters. The van der Waals surface area contributed by atoms with Crippen LogP contribution in [-0.2, 0) is 6.54 Å². The van der Waals surface area contributed by atoms with Gasteiger partial charge in [-0.25, -0.2) is 4.98 Å². The maximum atomic E-state index is 8.96. The third kappa shape index (κ3) is 5.29. The van der Waals surface area contributed by atoms with Crippen molar-refractivity contribution >= 4 is 22.8 Å². The van der Waals surface area contributed by atoms with Crippen molar-refractivity contribution in [1.29, 1.82) is 0 Å². The predicted octanol–water partition coefficient (Wildman–Crippen LogP) is 2.83. The number of aromatic nitrogens is 4. The number of benzene rings is 1. The van der Waals surface area contributed by atoms with Gasteiger partial charge in [-0.2, -0.15) is 10.1 Å². The second-order valence-corrected chi connectivity index (χ2v) is 6.99. The van der Waals surface area contributed by atoms with E-state index in [1.54, 1.807) is 11.8 Å². The van der Waals surface area contributed by atoms with Crippen molar-refractivity contribution < 1.29 is 14.6 Å². The van der Waals surface area contributed by atoms with E-state index in [1.807, 2.05) is 24.4 Å². The Morgan fingerprint density at radius 1 is 1.17 bits per heavy atom. The summed E-state index contributed by atoms with van der Waals surface area (Å²) in [5.74, 6) is 2.32. The zero-order valence-electron chi connectivity index (χ0n) is 17.6. The molecule has 162 valence electrons. The number of hydrogen-bond acceptors (Lipinski definition) is 8. The number of aliphatic hydroxyl groups excluding tert-OH is 1. The third-order valence-corrected chi connectivity index (χ3v) is 4.69. The van der Waals surface area contributed by atoms with Crippen LogP contribution in [-0.4, -0.2) is 51.7 Å². The molecule has 0 saturated carbocycles. The number of rotatable bonds is 12. The first kappa shape index (κ1) is 21.6. The molecule has 30 heavy (non-hydrogen) atoms. The minimum Gasteiger partial charge on any atom is -0.496 e. The Hall–Kier alpha value is -3.07. The lowest BCUT2D eigenvalue weighted by atomic mass is 10.1. The first-order chi connectivity index (χ1) is 14.7. The van der Waals surface area contributed by atoms with Gasteiger partial charge in [-0.15, -0.1) is 0 Å². The average molecular weight is 415 g/mol. The van der Waals surface area contributed by atoms with E-state index in [0.29, 0.717) is 36.4 Å². The lowest BCUT2D eigenvalue weighted by molar-refractivity contribution is 0.251. The van der Waals surface area contributed by atoms with Crippen molar-refractivity contribution in [3.8, 4) is 11.5 Å². The van der Waals surface area contributed by atoms with Gasteiger partial charge in [-0.3, -0.25) is 4.68 Å². The molecule has 2 aromatic heterocycles. The Labute approximate surface area is 176 Å². The summed E-state index contributed by atoms with van der Waals surface area (Å²) in [7, 11) is 1.63. The molecule has 3 aromatic rings. The fraction of sp³-hybridized carbons (Fsp3) is 0.476. The van der Waals surface area contributed by atoms with Gasteiger partial charge in [0.1, 0.15) is 17.0 Å². The van der Waals surface area contributed by atoms with E-state index in [-0.39, 0.29) is 12.6 Å². The van der Waals surface area contributed by atoms with Crippen molar-refractivity contribution in [3.05, 3.63) is 30.0 Å². The predicted molar refractivity (Wildman–Crippen MR) is 117 cm³/mol. The molecule has 9 nitrogen and oxygen atoms in total. The molecule has 0 amide bonds. The molecule has 1 aromatic carbocycles. The molecule has 0 unspecified atom stereocenters. The van der Waals surface area contributed by atoms with Crippen LogP contribution in [0.3, 0.4) is 0 Å². The summed E-state index contributed by atoms with van der Waals surface area (Å²) < 4.78 is 13.3. The van der Waals surface area contributed by atoms with Crippen LogP contribution < -0.4 is 20.5 Å². The minimum absolute atomic E-state index is 0.160. The van der Waals surface area contributed by atoms with Gasteiger partial charge in [-0.1, -0.05) is 19.4 Å². The summed E-state index contributed by atoms with van der Waals surface area (Å²) in [5.41, 5.74) is 8.13. The van der Waals surface area contributed by atoms with Crippen LogP contribution in [0.4, 0.5) is 11.8 Å². The molecular formula is C21H30N6O3. The lowest BCUT2D eigenvalue weighted by Gasteiger charge is -2.15. The molecule has 9 heteroatoms. The second-order valence-electron chi connectivity index (χ2n) is 6.99. The maximum absolute atomic E-state index is 8.96. The molecule has 0 aliphatic carbocycles. The van der Waals surface area contributed by atoms with E-state index in [1.165, 1.54) is 0 Å². The SMILES string of the molecule is CCCCNc1nc(N)nc2cn(Cc3c(OC)cccc3OCCCCO)nc12. The Morgan fingerprint density at radius 2 is 2.00 bits per heavy atom. The summed E-state index contributed by atoms with van der Waals surface area (Å²) in [6, 6.07) is 5.70. The summed E-state index contributed by atoms with van der Waals surface area (Å²) in [5, 5.41) is 16.9. The number of fused-ring (bicyclic) bond motifs is 1. The summed E-state index contributed by atoms with van der Waals surface area (Å²) in [6.07, 6.45) is 5.45. The Balaban J connectivity index is 1.87. The van der Waals surface area contributed by atoms with E-state index in [2.05, 4.69) is 27.3 Å². The highest BCUT2D eigenvalue weighted by Gasteiger charge is 2.15. The Bertz CT molecular complexity index is 959. The van der Waals surface area contributed by atoms with E-state index in [4.69, 9.17) is 20.3 Å². The van der Waals surface area contributed by atoms with Gasteiger partial charge in [-0.05, 0) is 31.4 Å². The summed E-state index contributed by atoms with van der Waals surface area (Å²) >= 11 is 0. The molecule has 0 radical (unpaired) electrons. The first-order valence-corrected chi connectivity index (χ1v) is 10.3. The molecule has 0 spiro atoms. The zero-order valence-corrected chi connectivity index (χ0v) is 17.6. The van der Waals surface area contributed by atoms with Crippen LogP contribution in [0.1, 0.15) is 38.2 Å². The number of unbranched alkanes of at least 4 members (excludes halogenated alkanes) is 2. The first-order valence-electron chi connectivity index (χ1n) is 10.3. The largest absolute Gasteiger partial charge is 0.496 e. The van der Waals surface area contributed by atoms with Crippen molar-refractivity contribution in [1.82, 2.24) is 19.7 Å². The van der Waals surface area contributed by atoms with Crippen molar-refractivity contribution in [2.45, 2.75) is 39.2 Å². The number of nitrogens with two attached hydrogens (primary N) is 1. The van der Waals surface area contributed by atoms with E-state index in [0.717, 1.165) is 42.9 Å². The monoisotopic (exact) mass is 414 g/mol. The van der Waals surface area contributed by atoms with Gasteiger partial charge in [0.2, 0.25) is 5.95 Å². The van der Waals surface area contributed by atoms with E-state index in [9.17, 15) is 0 Å². The molecular weight excluding hydrogens is 384 g/mol. The van der Waals surface area contributed by atoms with Gasteiger partial charge in [0.05, 0.1) is 32.0 Å². The fourth-order valence-corrected chi connectivity index (χ4v) is 3.15. The minimum atomic E-state index is 0.160. The Morgan fingerprint density at radius 3 is 2.77 bits per heavy atom. The third-order valence-electron chi connectivity index (χ3n) is 4.69. The fourth-order valence-electron chi connectivity index (χ4n) is 3.15. The van der Waals surface area contributed by atoms with Gasteiger partial charge >= 0.3 is 0 Å². The van der Waals surface area contributed by atoms with E-state index < -0.39 is 0 Å². The molecule has 3 rings (SSSR count). The highest BCUT2D eigenvalue weighted by atomic mass is 16.5. The number of hydrogen-bond donors (Lipinski definition) is 3. The highest BCUT2D eigenvalue weighted by Crippen LogP contribution is 2.30. The lowest BCUT2D eigenvalue weighted by Crippen LogP contribution is -2.08. The maximum Gasteiger partial charge on any atom is 0.222 e. The molecule has 0 aliphatic heterocycles. The second kappa shape index (κ2) is 10.6. The molecule has 0 fully saturated rings. The molecule has 0 bridgehead atoms. The molecule has 2 heterocycles. The summed E-state index contributed by atoms with van der Waals surface area (Å²) in [4.78, 5) is 8.63. The van der Waals surface area contributed by atoms with Crippen LogP contribution in [0.2, 0.25) is 0 Å². The van der Waals surface area contributed by atoms with Crippen molar-refractivity contribution in [3.63, 3.8) is 0 Å². The number of aliphatic hydroxyl groups is 1. The smallest absolute Gasteiger partial charge is 0.222 e. The molecule has 4 N–H and O–H groups in total. The van der Waals surface area contributed by atoms with Gasteiger partial charge < -0.3 is 25.6 Å². The average Bonchev–Trinajstić information content (AvgIpc) is 3.14. The number of ether oxygens (including phenoxy) is 2. The van der Waals surface area contributed by atoms with Gasteiger partial charge in [0.15, 0.2) is 11.3 Å². The summed E-state index contributed by atoms with van der Waals surface area (Å²) in [6.45, 7) is 4.07.